The third-order valence-electron chi connectivity index (χ3n) is 4.50. The number of anilines is 1. The number of Topliss-reactive ketones (excluding diaryl/α,β-unsaturated/α-hetero) is 1. The van der Waals surface area contributed by atoms with Crippen LogP contribution < -0.4 is 5.32 Å². The number of aromatic nitrogens is 1. The maximum absolute atomic E-state index is 12.8. The van der Waals surface area contributed by atoms with Gasteiger partial charge in [0.25, 0.3) is 0 Å². The van der Waals surface area contributed by atoms with Crippen LogP contribution in [0.5, 0.6) is 0 Å². The van der Waals surface area contributed by atoms with Crippen LogP contribution in [0, 0.1) is 12.3 Å². The molecule has 1 aliphatic carbocycles. The summed E-state index contributed by atoms with van der Waals surface area (Å²) in [5, 5.41) is 9.49. The van der Waals surface area contributed by atoms with Crippen molar-refractivity contribution in [2.75, 3.05) is 5.32 Å². The largest absolute Gasteiger partial charge is 0.338 e. The summed E-state index contributed by atoms with van der Waals surface area (Å²) in [6.45, 7) is 6.21. The van der Waals surface area contributed by atoms with Crippen molar-refractivity contribution < 1.29 is 9.32 Å². The summed E-state index contributed by atoms with van der Waals surface area (Å²) in [6.07, 6.45) is 1.45. The van der Waals surface area contributed by atoms with Gasteiger partial charge >= 0.3 is 0 Å². The molecule has 1 aliphatic heterocycles. The van der Waals surface area contributed by atoms with Crippen molar-refractivity contribution >= 4 is 23.0 Å². The van der Waals surface area contributed by atoms with Gasteiger partial charge in [0, 0.05) is 22.6 Å². The van der Waals surface area contributed by atoms with Crippen molar-refractivity contribution in [2.24, 2.45) is 5.41 Å². The first-order chi connectivity index (χ1) is 10.5. The summed E-state index contributed by atoms with van der Waals surface area (Å²) in [4.78, 5) is 14.0. The molecule has 2 aliphatic rings. The topological polar surface area (TPSA) is 55.1 Å². The van der Waals surface area contributed by atoms with Gasteiger partial charge in [-0.1, -0.05) is 25.1 Å². The molecule has 4 nitrogen and oxygen atoms in total. The Labute approximate surface area is 133 Å². The first-order valence-electron chi connectivity index (χ1n) is 7.49. The summed E-state index contributed by atoms with van der Waals surface area (Å²) in [5.74, 6) is 0.893. The summed E-state index contributed by atoms with van der Waals surface area (Å²) in [5.41, 5.74) is 3.75. The van der Waals surface area contributed by atoms with Crippen LogP contribution in [0.1, 0.15) is 48.7 Å². The fraction of sp³-hybridized carbons (Fsp3) is 0.412. The third kappa shape index (κ3) is 1.96. The summed E-state index contributed by atoms with van der Waals surface area (Å²) in [6, 6.07) is 4.12. The monoisotopic (exact) mass is 314 g/mol. The molecule has 0 spiro atoms. The first-order valence-corrected chi connectivity index (χ1v) is 8.37. The number of rotatable bonds is 1. The Morgan fingerprint density at radius 2 is 2.23 bits per heavy atom. The van der Waals surface area contributed by atoms with Crippen molar-refractivity contribution in [1.29, 1.82) is 0 Å². The van der Waals surface area contributed by atoms with E-state index >= 15 is 0 Å². The van der Waals surface area contributed by atoms with Crippen molar-refractivity contribution in [3.63, 3.8) is 0 Å². The molecular weight excluding hydrogens is 296 g/mol. The molecule has 22 heavy (non-hydrogen) atoms. The van der Waals surface area contributed by atoms with Gasteiger partial charge in [-0.15, -0.1) is 11.3 Å². The third-order valence-corrected chi connectivity index (χ3v) is 5.43. The standard InChI is InChI=1S/C17H18N2O2S/c1-9-13-15(12-5-4-6-22-12)14-10(18-16(13)21-19-9)7-17(2,3)8-11(14)20/h4-6,15,18H,7-8H2,1-3H3/t15-/m0/s1. The molecule has 0 unspecified atom stereocenters. The smallest absolute Gasteiger partial charge is 0.233 e. The highest BCUT2D eigenvalue weighted by molar-refractivity contribution is 7.10. The number of aryl methyl sites for hydroxylation is 1. The Kier molecular flexibility index (Phi) is 2.85. The first kappa shape index (κ1) is 13.8. The van der Waals surface area contributed by atoms with Crippen molar-refractivity contribution in [3.8, 4) is 0 Å². The lowest BCUT2D eigenvalue weighted by Crippen LogP contribution is -2.33. The molecule has 0 saturated carbocycles. The molecule has 0 aromatic carbocycles. The maximum atomic E-state index is 12.8. The van der Waals surface area contributed by atoms with Crippen LogP contribution in [-0.4, -0.2) is 10.9 Å². The van der Waals surface area contributed by atoms with E-state index in [1.54, 1.807) is 11.3 Å². The van der Waals surface area contributed by atoms with Crippen LogP contribution in [0.4, 0.5) is 5.88 Å². The van der Waals surface area contributed by atoms with E-state index in [1.807, 2.05) is 13.0 Å². The van der Waals surface area contributed by atoms with E-state index in [0.29, 0.717) is 12.3 Å². The number of nitrogens with one attached hydrogen (secondary N) is 1. The van der Waals surface area contributed by atoms with E-state index in [1.165, 1.54) is 4.88 Å². The Morgan fingerprint density at radius 3 is 2.95 bits per heavy atom. The zero-order valence-corrected chi connectivity index (χ0v) is 13.7. The van der Waals surface area contributed by atoms with Crippen LogP contribution in [0.25, 0.3) is 0 Å². The highest BCUT2D eigenvalue weighted by atomic mass is 32.1. The molecule has 0 amide bonds. The van der Waals surface area contributed by atoms with E-state index < -0.39 is 0 Å². The van der Waals surface area contributed by atoms with Gasteiger partial charge in [0.05, 0.1) is 17.2 Å². The zero-order chi connectivity index (χ0) is 15.5. The second-order valence-electron chi connectivity index (χ2n) is 6.92. The maximum Gasteiger partial charge on any atom is 0.233 e. The number of carbonyl (C=O) groups excluding carboxylic acids is 1. The van der Waals surface area contributed by atoms with Crippen LogP contribution in [-0.2, 0) is 4.79 Å². The van der Waals surface area contributed by atoms with E-state index in [0.717, 1.165) is 28.9 Å². The molecule has 2 aromatic heterocycles. The number of allylic oxidation sites excluding steroid dienone is 2. The van der Waals surface area contributed by atoms with Gasteiger partial charge in [-0.3, -0.25) is 4.79 Å². The molecule has 5 heteroatoms. The molecule has 1 N–H and O–H groups in total. The average Bonchev–Trinajstić information content (AvgIpc) is 3.05. The van der Waals surface area contributed by atoms with Gasteiger partial charge in [0.1, 0.15) is 0 Å². The lowest BCUT2D eigenvalue weighted by atomic mass is 9.70. The lowest BCUT2D eigenvalue weighted by molar-refractivity contribution is -0.118. The predicted octanol–water partition coefficient (Wildman–Crippen LogP) is 4.25. The zero-order valence-electron chi connectivity index (χ0n) is 12.9. The van der Waals surface area contributed by atoms with Crippen molar-refractivity contribution in [2.45, 2.75) is 39.5 Å². The summed E-state index contributed by atoms with van der Waals surface area (Å²) >= 11 is 1.68. The Hall–Kier alpha value is -1.88. The number of fused-ring (bicyclic) bond motifs is 1. The quantitative estimate of drug-likeness (QED) is 0.855. The van der Waals surface area contributed by atoms with Gasteiger partial charge in [-0.25, -0.2) is 0 Å². The molecule has 0 saturated heterocycles. The van der Waals surface area contributed by atoms with E-state index in [9.17, 15) is 4.79 Å². The Bertz CT molecular complexity index is 784. The predicted molar refractivity (Wildman–Crippen MR) is 86.1 cm³/mol. The second-order valence-corrected chi connectivity index (χ2v) is 7.90. The van der Waals surface area contributed by atoms with Gasteiger partial charge in [-0.05, 0) is 30.2 Å². The number of carbonyl (C=O) groups is 1. The minimum absolute atomic E-state index is 0.0184. The van der Waals surface area contributed by atoms with Gasteiger partial charge in [0.15, 0.2) is 5.78 Å². The fourth-order valence-electron chi connectivity index (χ4n) is 3.61. The van der Waals surface area contributed by atoms with Crippen LogP contribution in [0.15, 0.2) is 33.3 Å². The molecule has 4 rings (SSSR count). The molecule has 2 aromatic rings. The highest BCUT2D eigenvalue weighted by Gasteiger charge is 2.43. The normalized spacial score (nSPS) is 23.0. The summed E-state index contributed by atoms with van der Waals surface area (Å²) in [7, 11) is 0. The van der Waals surface area contributed by atoms with Gasteiger partial charge in [-0.2, -0.15) is 0 Å². The van der Waals surface area contributed by atoms with Crippen molar-refractivity contribution in [1.82, 2.24) is 5.16 Å². The van der Waals surface area contributed by atoms with Crippen LogP contribution in [0.3, 0.4) is 0 Å². The number of nitrogens with zero attached hydrogens (tertiary/aromatic N) is 1. The molecule has 1 atom stereocenters. The lowest BCUT2D eigenvalue weighted by Gasteiger charge is -2.37. The number of hydrogen-bond acceptors (Lipinski definition) is 5. The number of hydrogen-bond donors (Lipinski definition) is 1. The minimum atomic E-state index is -0.0406. The van der Waals surface area contributed by atoms with Crippen LogP contribution >= 0.6 is 11.3 Å². The average molecular weight is 314 g/mol. The molecule has 0 fully saturated rings. The number of thiophene rings is 1. The van der Waals surface area contributed by atoms with E-state index in [-0.39, 0.29) is 17.1 Å². The van der Waals surface area contributed by atoms with E-state index in [2.05, 4.69) is 35.8 Å². The molecular formula is C17H18N2O2S. The molecule has 114 valence electrons. The SMILES string of the molecule is Cc1noc2c1[C@H](c1cccs1)C1=C(CC(C)(C)CC1=O)N2. The molecule has 0 radical (unpaired) electrons. The Balaban J connectivity index is 1.94. The number of ketones is 1. The van der Waals surface area contributed by atoms with Gasteiger partial charge in [0.2, 0.25) is 5.88 Å². The van der Waals surface area contributed by atoms with Gasteiger partial charge < -0.3 is 9.84 Å². The van der Waals surface area contributed by atoms with Crippen LogP contribution in [0.2, 0.25) is 0 Å². The fourth-order valence-corrected chi connectivity index (χ4v) is 4.45. The minimum Gasteiger partial charge on any atom is -0.338 e. The Morgan fingerprint density at radius 1 is 1.41 bits per heavy atom. The molecule has 3 heterocycles. The highest BCUT2D eigenvalue weighted by Crippen LogP contribution is 2.50. The van der Waals surface area contributed by atoms with E-state index in [4.69, 9.17) is 4.52 Å². The molecule has 0 bridgehead atoms. The second kappa shape index (κ2) is 4.56. The summed E-state index contributed by atoms with van der Waals surface area (Å²) < 4.78 is 5.47. The van der Waals surface area contributed by atoms with Crippen molar-refractivity contribution in [3.05, 3.63) is 44.9 Å².